The molecule has 3 unspecified atom stereocenters. The zero-order valence-electron chi connectivity index (χ0n) is 37.3. The van der Waals surface area contributed by atoms with Gasteiger partial charge in [0.25, 0.3) is 18.8 Å². The molecule has 2 saturated heterocycles. The van der Waals surface area contributed by atoms with E-state index >= 15 is 0 Å². The summed E-state index contributed by atoms with van der Waals surface area (Å²) in [6, 6.07) is 25.4. The van der Waals surface area contributed by atoms with Crippen LogP contribution in [0, 0.1) is 13.8 Å². The number of H-pyrrole nitrogens is 2. The molecule has 0 aliphatic carbocycles. The number of methoxy groups -OCH3 is 2. The predicted molar refractivity (Wildman–Crippen MR) is 244 cm³/mol. The molecule has 2 aromatic heterocycles. The monoisotopic (exact) mass is 901 g/mol. The molecule has 0 radical (unpaired) electrons. The number of ether oxygens (including phenoxy) is 5. The minimum Gasteiger partial charge on any atom is -0.497 e. The Morgan fingerprint density at radius 2 is 1.19 bits per heavy atom. The molecule has 336 valence electrons. The number of nitrogens with one attached hydrogen (secondary N) is 2. The first-order chi connectivity index (χ1) is 30.0. The maximum atomic E-state index is 13.5. The van der Waals surface area contributed by atoms with Gasteiger partial charge in [-0.25, -0.2) is 14.1 Å². The lowest BCUT2D eigenvalue weighted by Gasteiger charge is -2.39. The van der Waals surface area contributed by atoms with E-state index in [1.54, 1.807) is 28.1 Å². The molecule has 5 aromatic rings. The summed E-state index contributed by atoms with van der Waals surface area (Å²) in [5.41, 5.74) is -0.347. The van der Waals surface area contributed by atoms with Gasteiger partial charge in [-0.15, -0.1) is 0 Å². The van der Waals surface area contributed by atoms with E-state index in [1.807, 2.05) is 92.5 Å². The van der Waals surface area contributed by atoms with Crippen LogP contribution in [0.1, 0.15) is 66.5 Å². The topological polar surface area (TPSA) is 174 Å². The van der Waals surface area contributed by atoms with Crippen LogP contribution < -0.4 is 32.0 Å². The Balaban J connectivity index is 1.32. The van der Waals surface area contributed by atoms with Crippen LogP contribution in [0.25, 0.3) is 0 Å². The summed E-state index contributed by atoms with van der Waals surface area (Å²) >= 11 is 0. The highest BCUT2D eigenvalue weighted by molar-refractivity contribution is 7.67. The van der Waals surface area contributed by atoms with Gasteiger partial charge in [0.1, 0.15) is 55.0 Å². The Morgan fingerprint density at radius 3 is 1.67 bits per heavy atom. The van der Waals surface area contributed by atoms with Crippen molar-refractivity contribution in [1.29, 1.82) is 0 Å². The van der Waals surface area contributed by atoms with Gasteiger partial charge < -0.3 is 23.7 Å². The van der Waals surface area contributed by atoms with Crippen molar-refractivity contribution in [3.8, 4) is 11.5 Å². The first-order valence-electron chi connectivity index (χ1n) is 21.2. The van der Waals surface area contributed by atoms with Crippen LogP contribution in [-0.4, -0.2) is 78.9 Å². The molecule has 2 N–H and O–H groups in total. The summed E-state index contributed by atoms with van der Waals surface area (Å²) in [7, 11) is -1.95. The first-order valence-corrected chi connectivity index (χ1v) is 26.7. The summed E-state index contributed by atoms with van der Waals surface area (Å²) < 4.78 is 49.3. The van der Waals surface area contributed by atoms with Crippen LogP contribution in [0.3, 0.4) is 0 Å². The van der Waals surface area contributed by atoms with Crippen LogP contribution in [0.5, 0.6) is 11.5 Å². The third kappa shape index (κ3) is 9.63. The quantitative estimate of drug-likeness (QED) is 0.0606. The van der Waals surface area contributed by atoms with Crippen LogP contribution >= 0.6 is 7.72 Å². The number of aromatic amines is 2. The number of hydrogen-bond acceptors (Lipinski definition) is 11. The van der Waals surface area contributed by atoms with E-state index in [0.717, 1.165) is 16.7 Å². The van der Waals surface area contributed by atoms with Gasteiger partial charge in [-0.2, -0.15) is 0 Å². The summed E-state index contributed by atoms with van der Waals surface area (Å²) in [6.45, 7) is 13.7. The van der Waals surface area contributed by atoms with Crippen molar-refractivity contribution in [3.63, 3.8) is 0 Å². The van der Waals surface area contributed by atoms with Crippen LogP contribution in [0.4, 0.5) is 0 Å². The Morgan fingerprint density at radius 1 is 0.714 bits per heavy atom. The number of aromatic nitrogens is 4. The fourth-order valence-electron chi connectivity index (χ4n) is 8.70. The van der Waals surface area contributed by atoms with Gasteiger partial charge in [-0.05, 0) is 80.9 Å². The second-order valence-corrected chi connectivity index (χ2v) is 24.9. The van der Waals surface area contributed by atoms with E-state index in [4.69, 9.17) is 32.4 Å². The minimum atomic E-state index is -2.87. The fraction of sp³-hybridized carbons (Fsp3) is 0.435. The Kier molecular flexibility index (Phi) is 13.6. The molecule has 7 rings (SSSR count). The van der Waals surface area contributed by atoms with Gasteiger partial charge >= 0.3 is 11.4 Å². The molecule has 17 heteroatoms. The number of aryl methyl sites for hydroxylation is 2. The molecular weight excluding hydrogens is 844 g/mol. The number of benzene rings is 3. The largest absolute Gasteiger partial charge is 0.497 e. The van der Waals surface area contributed by atoms with Crippen molar-refractivity contribution in [2.75, 3.05) is 27.5 Å². The maximum Gasteiger partial charge on any atom is 0.330 e. The van der Waals surface area contributed by atoms with Gasteiger partial charge in [0, 0.05) is 36.4 Å². The summed E-state index contributed by atoms with van der Waals surface area (Å²) in [5.74, 6) is 1.35. The first kappa shape index (κ1) is 46.1. The van der Waals surface area contributed by atoms with E-state index < -0.39 is 68.8 Å². The minimum absolute atomic E-state index is 0.0123. The Hall–Kier alpha value is -4.93. The van der Waals surface area contributed by atoms with Crippen molar-refractivity contribution in [2.45, 2.75) is 102 Å². The zero-order chi connectivity index (χ0) is 45.3. The maximum absolute atomic E-state index is 13.5. The van der Waals surface area contributed by atoms with E-state index in [0.29, 0.717) is 35.5 Å². The fourth-order valence-corrected chi connectivity index (χ4v) is 15.9. The standard InChI is InChI=1S/C46H57N4O11PSi/c1-10-36-39(25-41(58-36)50-27-30(3)43(52)48-45(50)54)62(6,61-63(7,8)9)57-28-38-37(24-40(59-38)49-26-29(2)42(51)47-44(49)53)60-46(31-14-12-11-13-15-31,32-16-20-34(55-4)21-17-32)33-18-22-35(56-5)23-19-33/h11-23,26-27,36-41H,10,24-25,28H2,1-9H3,(H-,47,48,51,52,53,54)/p+1/t36-,37?,38-,39?,40-,41-,62?/m1/s1. The van der Waals surface area contributed by atoms with Crippen molar-refractivity contribution in [1.82, 2.24) is 19.1 Å². The summed E-state index contributed by atoms with van der Waals surface area (Å²) in [4.78, 5) is 56.2. The molecule has 2 fully saturated rings. The molecule has 2 aliphatic rings. The molecule has 7 atom stereocenters. The molecule has 0 bridgehead atoms. The second-order valence-electron chi connectivity index (χ2n) is 17.2. The number of nitrogens with zero attached hydrogens (tertiary/aromatic N) is 2. The summed E-state index contributed by atoms with van der Waals surface area (Å²) in [5, 5.41) is 0. The van der Waals surface area contributed by atoms with Crippen LogP contribution in [0.15, 0.2) is 110 Å². The van der Waals surface area contributed by atoms with E-state index in [9.17, 15) is 19.2 Å². The molecule has 63 heavy (non-hydrogen) atoms. The lowest BCUT2D eigenvalue weighted by molar-refractivity contribution is -0.0969. The molecule has 3 aromatic carbocycles. The zero-order valence-corrected chi connectivity index (χ0v) is 39.2. The van der Waals surface area contributed by atoms with Crippen LogP contribution in [-0.2, 0) is 28.5 Å². The smallest absolute Gasteiger partial charge is 0.330 e. The van der Waals surface area contributed by atoms with Gasteiger partial charge in [0.2, 0.25) is 8.32 Å². The van der Waals surface area contributed by atoms with Crippen LogP contribution in [0.2, 0.25) is 19.6 Å². The average molecular weight is 902 g/mol. The molecule has 0 saturated carbocycles. The SMILES string of the molecule is CC[C@H]1O[C@@H](n2cc(C)c(=O)[nH]c2=O)CC1[P+](C)(OC[C@H]1O[C@@H](n2cc(C)c(=O)[nH]c2=O)CC1OC(c1ccccc1)(c1ccc(OC)cc1)c1ccc(OC)cc1)O[Si](C)(C)C. The van der Waals surface area contributed by atoms with Gasteiger partial charge in [0.15, 0.2) is 5.66 Å². The number of rotatable bonds is 16. The Labute approximate surface area is 367 Å². The third-order valence-corrected chi connectivity index (χ3v) is 17.8. The molecule has 2 aliphatic heterocycles. The number of hydrogen-bond donors (Lipinski definition) is 2. The van der Waals surface area contributed by atoms with Gasteiger partial charge in [0.05, 0.1) is 20.3 Å². The lowest BCUT2D eigenvalue weighted by atomic mass is 9.79. The molecule has 15 nitrogen and oxygen atoms in total. The van der Waals surface area contributed by atoms with E-state index in [-0.39, 0.29) is 24.8 Å². The molecule has 0 amide bonds. The molecule has 4 heterocycles. The van der Waals surface area contributed by atoms with Crippen molar-refractivity contribution >= 4 is 16.0 Å². The Bertz CT molecular complexity index is 2560. The average Bonchev–Trinajstić information content (AvgIpc) is 3.89. The van der Waals surface area contributed by atoms with Crippen molar-refractivity contribution in [3.05, 3.63) is 161 Å². The van der Waals surface area contributed by atoms with Crippen molar-refractivity contribution < 1.29 is 32.4 Å². The highest BCUT2D eigenvalue weighted by Gasteiger charge is 2.58. The third-order valence-electron chi connectivity index (χ3n) is 11.8. The van der Waals surface area contributed by atoms with Gasteiger partial charge in [-0.3, -0.25) is 32.9 Å². The summed E-state index contributed by atoms with van der Waals surface area (Å²) in [6.07, 6.45) is 0.993. The van der Waals surface area contributed by atoms with Gasteiger partial charge in [-0.1, -0.05) is 61.5 Å². The second kappa shape index (κ2) is 18.7. The van der Waals surface area contributed by atoms with Crippen molar-refractivity contribution in [2.24, 2.45) is 0 Å². The normalized spacial score (nSPS) is 22.5. The highest BCUT2D eigenvalue weighted by Crippen LogP contribution is 2.68. The van der Waals surface area contributed by atoms with E-state index in [1.165, 1.54) is 21.5 Å². The molecular formula is C46H58N4O11PSi+. The highest BCUT2D eigenvalue weighted by atomic mass is 31.2. The molecule has 0 spiro atoms. The predicted octanol–water partition coefficient (Wildman–Crippen LogP) is 6.80. The lowest BCUT2D eigenvalue weighted by Crippen LogP contribution is -2.41. The van der Waals surface area contributed by atoms with E-state index in [2.05, 4.69) is 29.6 Å².